The molecule has 1 aromatic carbocycles. The highest BCUT2D eigenvalue weighted by Crippen LogP contribution is 2.66. The van der Waals surface area contributed by atoms with E-state index in [1.807, 2.05) is 26.8 Å². The average molecular weight is 471 g/mol. The van der Waals surface area contributed by atoms with Crippen LogP contribution in [0.3, 0.4) is 0 Å². The molecule has 8 nitrogen and oxygen atoms in total. The maximum Gasteiger partial charge on any atom is 0.310 e. The van der Waals surface area contributed by atoms with Crippen molar-refractivity contribution in [2.75, 3.05) is 13.2 Å². The van der Waals surface area contributed by atoms with Crippen LogP contribution >= 0.6 is 0 Å². The summed E-state index contributed by atoms with van der Waals surface area (Å²) in [4.78, 5) is 43.7. The van der Waals surface area contributed by atoms with Crippen LogP contribution in [0.4, 0.5) is 0 Å². The van der Waals surface area contributed by atoms with Gasteiger partial charge in [0.15, 0.2) is 0 Å². The summed E-state index contributed by atoms with van der Waals surface area (Å²) in [5, 5.41) is 20.6. The molecule has 3 aliphatic heterocycles. The number of aliphatic hydroxyl groups excluding tert-OH is 1. The van der Waals surface area contributed by atoms with Gasteiger partial charge in [-0.1, -0.05) is 43.3 Å². The summed E-state index contributed by atoms with van der Waals surface area (Å²) in [6.45, 7) is 11.1. The molecule has 3 aliphatic rings. The molecule has 3 fully saturated rings. The van der Waals surface area contributed by atoms with Crippen LogP contribution in [0.2, 0.25) is 0 Å². The van der Waals surface area contributed by atoms with Gasteiger partial charge in [0.25, 0.3) is 0 Å². The van der Waals surface area contributed by atoms with E-state index >= 15 is 0 Å². The van der Waals surface area contributed by atoms with E-state index in [9.17, 15) is 24.6 Å². The number of ether oxygens (including phenoxy) is 1. The SMILES string of the molecule is C=CCN(C(=O)C1N([C@H](CO)c2ccccc2)C(=O)[C@@H]2[C@H](C(=O)O)[C@@]3(C)OC12CC3C)C(C)C. The van der Waals surface area contributed by atoms with Gasteiger partial charge in [0.05, 0.1) is 24.2 Å². The average Bonchev–Trinajstić information content (AvgIpc) is 3.30. The first-order valence-electron chi connectivity index (χ1n) is 11.9. The molecule has 2 amide bonds. The van der Waals surface area contributed by atoms with Crippen LogP contribution in [0.1, 0.15) is 45.7 Å². The number of hydrogen-bond donors (Lipinski definition) is 2. The maximum absolute atomic E-state index is 14.2. The van der Waals surface area contributed by atoms with Crippen molar-refractivity contribution in [2.24, 2.45) is 17.8 Å². The van der Waals surface area contributed by atoms with Crippen LogP contribution in [-0.4, -0.2) is 74.2 Å². The van der Waals surface area contributed by atoms with Gasteiger partial charge in [-0.2, -0.15) is 0 Å². The van der Waals surface area contributed by atoms with Crippen LogP contribution < -0.4 is 0 Å². The Labute approximate surface area is 200 Å². The first kappa shape index (κ1) is 24.4. The van der Waals surface area contributed by atoms with Crippen molar-refractivity contribution in [3.8, 4) is 0 Å². The number of likely N-dealkylation sites (tertiary alicyclic amines) is 1. The van der Waals surface area contributed by atoms with Crippen LogP contribution in [0.5, 0.6) is 0 Å². The van der Waals surface area contributed by atoms with Crippen LogP contribution in [-0.2, 0) is 19.1 Å². The second-order valence-electron chi connectivity index (χ2n) is 10.3. The molecule has 3 heterocycles. The van der Waals surface area contributed by atoms with Gasteiger partial charge in [-0.15, -0.1) is 6.58 Å². The number of benzene rings is 1. The minimum absolute atomic E-state index is 0.163. The standard InChI is InChI=1S/C26H34N2O6/c1-6-12-27(15(2)3)23(31)21-26-13-16(4)25(5,34-26)20(24(32)33)19(26)22(30)28(21)18(14-29)17-10-8-7-9-11-17/h6-11,15-16,18-21,29H,1,12-14H2,2-5H3,(H,32,33)/t16?,18-,19+,20-,21?,25+,26?/m1/s1. The number of nitrogens with zero attached hydrogens (tertiary/aromatic N) is 2. The number of aliphatic carboxylic acids is 1. The number of hydrogen-bond acceptors (Lipinski definition) is 5. The van der Waals surface area contributed by atoms with Gasteiger partial charge in [-0.05, 0) is 38.7 Å². The third-order valence-corrected chi connectivity index (χ3v) is 8.18. The number of aliphatic hydroxyl groups is 1. The molecule has 34 heavy (non-hydrogen) atoms. The summed E-state index contributed by atoms with van der Waals surface area (Å²) in [5.74, 6) is -4.12. The van der Waals surface area contributed by atoms with Gasteiger partial charge in [-0.25, -0.2) is 0 Å². The normalized spacial score (nSPS) is 34.9. The fourth-order valence-corrected chi connectivity index (χ4v) is 6.55. The van der Waals surface area contributed by atoms with Crippen molar-refractivity contribution >= 4 is 17.8 Å². The predicted octanol–water partition coefficient (Wildman–Crippen LogP) is 2.24. The minimum Gasteiger partial charge on any atom is -0.481 e. The number of amides is 2. The van der Waals surface area contributed by atoms with Crippen molar-refractivity contribution < 1.29 is 29.3 Å². The molecule has 1 spiro atoms. The lowest BCUT2D eigenvalue weighted by Crippen LogP contribution is -2.58. The second kappa shape index (κ2) is 8.50. The number of carbonyl (C=O) groups excluding carboxylic acids is 2. The molecule has 8 heteroatoms. The lowest BCUT2D eigenvalue weighted by Gasteiger charge is -2.40. The maximum atomic E-state index is 14.2. The Bertz CT molecular complexity index is 996. The molecule has 3 saturated heterocycles. The molecule has 0 aromatic heterocycles. The van der Waals surface area contributed by atoms with Gasteiger partial charge in [-0.3, -0.25) is 14.4 Å². The lowest BCUT2D eigenvalue weighted by molar-refractivity contribution is -0.160. The second-order valence-corrected chi connectivity index (χ2v) is 10.3. The fourth-order valence-electron chi connectivity index (χ4n) is 6.55. The summed E-state index contributed by atoms with van der Waals surface area (Å²) in [6, 6.07) is 6.99. The molecule has 0 radical (unpaired) electrons. The molecule has 0 aliphatic carbocycles. The van der Waals surface area contributed by atoms with Crippen molar-refractivity contribution in [2.45, 2.75) is 63.4 Å². The summed E-state index contributed by atoms with van der Waals surface area (Å²) in [7, 11) is 0. The van der Waals surface area contributed by atoms with Gasteiger partial charge in [0, 0.05) is 12.6 Å². The van der Waals surface area contributed by atoms with E-state index in [0.717, 1.165) is 0 Å². The molecule has 1 aromatic rings. The molecule has 2 N–H and O–H groups in total. The number of carboxylic acid groups (broad SMARTS) is 1. The van der Waals surface area contributed by atoms with Crippen molar-refractivity contribution in [1.29, 1.82) is 0 Å². The lowest BCUT2D eigenvalue weighted by atomic mass is 9.62. The van der Waals surface area contributed by atoms with E-state index in [2.05, 4.69) is 6.58 Å². The molecule has 0 saturated carbocycles. The number of fused-ring (bicyclic) bond motifs is 1. The molecule has 4 rings (SSSR count). The summed E-state index contributed by atoms with van der Waals surface area (Å²) in [5.41, 5.74) is -1.66. The molecular formula is C26H34N2O6. The molecular weight excluding hydrogens is 436 g/mol. The van der Waals surface area contributed by atoms with Gasteiger partial charge < -0.3 is 24.7 Å². The predicted molar refractivity (Wildman–Crippen MR) is 125 cm³/mol. The zero-order valence-corrected chi connectivity index (χ0v) is 20.2. The van der Waals surface area contributed by atoms with Gasteiger partial charge in [0.1, 0.15) is 17.6 Å². The summed E-state index contributed by atoms with van der Waals surface area (Å²) < 4.78 is 6.53. The Morgan fingerprint density at radius 2 is 1.97 bits per heavy atom. The Balaban J connectivity index is 1.91. The van der Waals surface area contributed by atoms with Crippen molar-refractivity contribution in [3.05, 3.63) is 48.6 Å². The Morgan fingerprint density at radius 3 is 2.50 bits per heavy atom. The smallest absolute Gasteiger partial charge is 0.310 e. The largest absolute Gasteiger partial charge is 0.481 e. The van der Waals surface area contributed by atoms with Gasteiger partial charge in [0.2, 0.25) is 11.8 Å². The van der Waals surface area contributed by atoms with E-state index in [-0.39, 0.29) is 24.4 Å². The van der Waals surface area contributed by atoms with Crippen LogP contribution in [0, 0.1) is 17.8 Å². The van der Waals surface area contributed by atoms with Gasteiger partial charge >= 0.3 is 5.97 Å². The monoisotopic (exact) mass is 470 g/mol. The molecule has 7 atom stereocenters. The third kappa shape index (κ3) is 3.22. The van der Waals surface area contributed by atoms with Crippen LogP contribution in [0.25, 0.3) is 0 Å². The highest BCUT2D eigenvalue weighted by molar-refractivity contribution is 5.98. The van der Waals surface area contributed by atoms with E-state index < -0.39 is 53.6 Å². The first-order chi connectivity index (χ1) is 16.0. The number of rotatable bonds is 8. The molecule has 2 bridgehead atoms. The Kier molecular flexibility index (Phi) is 6.10. The van der Waals surface area contributed by atoms with E-state index in [4.69, 9.17) is 4.74 Å². The van der Waals surface area contributed by atoms with E-state index in [1.165, 1.54) is 4.90 Å². The molecule has 3 unspecified atom stereocenters. The third-order valence-electron chi connectivity index (χ3n) is 8.18. The highest BCUT2D eigenvalue weighted by atomic mass is 16.5. The minimum atomic E-state index is -1.28. The number of carbonyl (C=O) groups is 3. The quantitative estimate of drug-likeness (QED) is 0.565. The summed E-state index contributed by atoms with van der Waals surface area (Å²) >= 11 is 0. The van der Waals surface area contributed by atoms with E-state index in [0.29, 0.717) is 12.0 Å². The zero-order chi connectivity index (χ0) is 25.0. The van der Waals surface area contributed by atoms with Crippen molar-refractivity contribution in [3.63, 3.8) is 0 Å². The summed E-state index contributed by atoms with van der Waals surface area (Å²) in [6.07, 6.45) is 2.02. The number of carboxylic acids is 1. The van der Waals surface area contributed by atoms with Crippen LogP contribution in [0.15, 0.2) is 43.0 Å². The zero-order valence-electron chi connectivity index (χ0n) is 20.2. The Morgan fingerprint density at radius 1 is 1.32 bits per heavy atom. The fraction of sp³-hybridized carbons (Fsp3) is 0.577. The Hall–Kier alpha value is -2.71. The van der Waals surface area contributed by atoms with E-state index in [1.54, 1.807) is 42.2 Å². The molecule has 184 valence electrons. The first-order valence-corrected chi connectivity index (χ1v) is 11.9. The topological polar surface area (TPSA) is 107 Å². The van der Waals surface area contributed by atoms with Crippen molar-refractivity contribution in [1.82, 2.24) is 9.80 Å². The highest BCUT2D eigenvalue weighted by Gasteiger charge is 2.80.